The molecule has 1 saturated carbocycles. The summed E-state index contributed by atoms with van der Waals surface area (Å²) in [6.07, 6.45) is 6.59. The number of hydrogen-bond acceptors (Lipinski definition) is 2. The van der Waals surface area contributed by atoms with Gasteiger partial charge in [-0.3, -0.25) is 0 Å². The highest BCUT2D eigenvalue weighted by Gasteiger charge is 2.39. The quantitative estimate of drug-likeness (QED) is 0.843. The minimum atomic E-state index is -0.289. The van der Waals surface area contributed by atoms with E-state index in [1.807, 2.05) is 7.11 Å². The third-order valence-corrected chi connectivity index (χ3v) is 4.98. The number of methoxy groups -OCH3 is 1. The van der Waals surface area contributed by atoms with Crippen LogP contribution in [-0.4, -0.2) is 25.3 Å². The summed E-state index contributed by atoms with van der Waals surface area (Å²) in [5.41, 5.74) is 0.845. The lowest BCUT2D eigenvalue weighted by Gasteiger charge is -2.43. The summed E-state index contributed by atoms with van der Waals surface area (Å²) >= 11 is 6.19. The van der Waals surface area contributed by atoms with Crippen LogP contribution in [0.1, 0.15) is 44.6 Å². The fraction of sp³-hybridized carbons (Fsp3) is 0.647. The van der Waals surface area contributed by atoms with Gasteiger partial charge in [0.25, 0.3) is 0 Å². The zero-order valence-corrected chi connectivity index (χ0v) is 13.7. The third-order valence-electron chi connectivity index (χ3n) is 4.63. The smallest absolute Gasteiger partial charge is 0.124 e. The molecular formula is C17H25ClFNO. The molecule has 0 heterocycles. The normalized spacial score (nSPS) is 19.4. The second-order valence-electron chi connectivity index (χ2n) is 5.88. The van der Waals surface area contributed by atoms with Gasteiger partial charge in [0.2, 0.25) is 0 Å². The van der Waals surface area contributed by atoms with E-state index in [2.05, 4.69) is 12.2 Å². The molecule has 1 unspecified atom stereocenters. The van der Waals surface area contributed by atoms with Crippen LogP contribution in [0.4, 0.5) is 4.39 Å². The summed E-state index contributed by atoms with van der Waals surface area (Å²) < 4.78 is 19.2. The van der Waals surface area contributed by atoms with Crippen LogP contribution in [0, 0.1) is 5.82 Å². The van der Waals surface area contributed by atoms with Crippen molar-refractivity contribution in [1.82, 2.24) is 5.32 Å². The zero-order chi connectivity index (χ0) is 15.3. The van der Waals surface area contributed by atoms with E-state index >= 15 is 0 Å². The first-order chi connectivity index (χ1) is 10.1. The van der Waals surface area contributed by atoms with Crippen molar-refractivity contribution in [3.63, 3.8) is 0 Å². The van der Waals surface area contributed by atoms with Crippen molar-refractivity contribution in [3.05, 3.63) is 34.6 Å². The molecule has 118 valence electrons. The maximum absolute atomic E-state index is 13.2. The van der Waals surface area contributed by atoms with Gasteiger partial charge in [-0.05, 0) is 43.5 Å². The van der Waals surface area contributed by atoms with Crippen molar-refractivity contribution in [2.75, 3.05) is 13.7 Å². The summed E-state index contributed by atoms with van der Waals surface area (Å²) in [5, 5.41) is 4.06. The van der Waals surface area contributed by atoms with Crippen molar-refractivity contribution < 1.29 is 9.13 Å². The van der Waals surface area contributed by atoms with Crippen LogP contribution >= 0.6 is 11.6 Å². The predicted octanol–water partition coefficient (Wildman–Crippen LogP) is 4.35. The van der Waals surface area contributed by atoms with Crippen molar-refractivity contribution in [1.29, 1.82) is 0 Å². The van der Waals surface area contributed by atoms with Gasteiger partial charge in [0.1, 0.15) is 5.82 Å². The van der Waals surface area contributed by atoms with E-state index in [9.17, 15) is 4.39 Å². The van der Waals surface area contributed by atoms with Crippen molar-refractivity contribution in [2.24, 2.45) is 0 Å². The Kier molecular flexibility index (Phi) is 6.03. The summed E-state index contributed by atoms with van der Waals surface area (Å²) in [4.78, 5) is 0. The monoisotopic (exact) mass is 313 g/mol. The van der Waals surface area contributed by atoms with E-state index in [0.717, 1.165) is 31.4 Å². The Balaban J connectivity index is 2.21. The van der Waals surface area contributed by atoms with Crippen LogP contribution < -0.4 is 5.32 Å². The lowest BCUT2D eigenvalue weighted by Crippen LogP contribution is -2.54. The summed E-state index contributed by atoms with van der Waals surface area (Å²) in [6, 6.07) is 4.86. The van der Waals surface area contributed by atoms with E-state index in [-0.39, 0.29) is 17.5 Å². The van der Waals surface area contributed by atoms with Crippen LogP contribution in [0.5, 0.6) is 0 Å². The Morgan fingerprint density at radius 1 is 1.33 bits per heavy atom. The Morgan fingerprint density at radius 3 is 2.62 bits per heavy atom. The maximum atomic E-state index is 13.2. The number of likely N-dealkylation sites (N-methyl/N-ethyl adjacent to an activating group) is 1. The van der Waals surface area contributed by atoms with E-state index in [1.165, 1.54) is 31.4 Å². The second kappa shape index (κ2) is 7.57. The van der Waals surface area contributed by atoms with Gasteiger partial charge >= 0.3 is 0 Å². The van der Waals surface area contributed by atoms with Crippen LogP contribution in [0.25, 0.3) is 0 Å². The average Bonchev–Trinajstić information content (AvgIpc) is 2.50. The number of nitrogens with one attached hydrogen (secondary N) is 1. The third kappa shape index (κ3) is 3.97. The molecule has 1 atom stereocenters. The number of halogens is 2. The first-order valence-corrected chi connectivity index (χ1v) is 8.21. The van der Waals surface area contributed by atoms with Crippen LogP contribution in [0.15, 0.2) is 18.2 Å². The fourth-order valence-electron chi connectivity index (χ4n) is 3.44. The van der Waals surface area contributed by atoms with Crippen LogP contribution in [-0.2, 0) is 11.2 Å². The first-order valence-electron chi connectivity index (χ1n) is 7.84. The van der Waals surface area contributed by atoms with Gasteiger partial charge in [0, 0.05) is 18.2 Å². The molecule has 0 amide bonds. The number of benzene rings is 1. The summed E-state index contributed by atoms with van der Waals surface area (Å²) in [5.74, 6) is -0.289. The SMILES string of the molecule is CCNC(Cc1ccc(F)cc1Cl)C1(OC)CCCCC1. The Hall–Kier alpha value is -0.640. The van der Waals surface area contributed by atoms with Gasteiger partial charge in [-0.2, -0.15) is 0 Å². The Labute approximate surface area is 132 Å². The Morgan fingerprint density at radius 2 is 2.05 bits per heavy atom. The molecule has 1 aromatic carbocycles. The van der Waals surface area contributed by atoms with Crippen molar-refractivity contribution >= 4 is 11.6 Å². The van der Waals surface area contributed by atoms with Crippen molar-refractivity contribution in [3.8, 4) is 0 Å². The summed E-state index contributed by atoms with van der Waals surface area (Å²) in [6.45, 7) is 2.99. The molecule has 1 N–H and O–H groups in total. The largest absolute Gasteiger partial charge is 0.377 e. The molecule has 0 saturated heterocycles. The minimum absolute atomic E-state index is 0.133. The Bertz CT molecular complexity index is 460. The van der Waals surface area contributed by atoms with Crippen LogP contribution in [0.3, 0.4) is 0 Å². The van der Waals surface area contributed by atoms with Gasteiger partial charge in [-0.25, -0.2) is 4.39 Å². The second-order valence-corrected chi connectivity index (χ2v) is 6.29. The van der Waals surface area contributed by atoms with E-state index in [0.29, 0.717) is 5.02 Å². The predicted molar refractivity (Wildman–Crippen MR) is 85.4 cm³/mol. The molecule has 4 heteroatoms. The molecule has 1 fully saturated rings. The lowest BCUT2D eigenvalue weighted by molar-refractivity contribution is -0.0669. The molecule has 1 aliphatic rings. The first kappa shape index (κ1) is 16.7. The number of hydrogen-bond donors (Lipinski definition) is 1. The molecule has 21 heavy (non-hydrogen) atoms. The standard InChI is InChI=1S/C17H25ClFNO/c1-3-20-16(17(21-2)9-5-4-6-10-17)11-13-7-8-14(19)12-15(13)18/h7-8,12,16,20H,3-6,9-11H2,1-2H3. The van der Waals surface area contributed by atoms with Gasteiger partial charge < -0.3 is 10.1 Å². The van der Waals surface area contributed by atoms with E-state index in [1.54, 1.807) is 6.07 Å². The number of ether oxygens (including phenoxy) is 1. The van der Waals surface area contributed by atoms with Gasteiger partial charge in [-0.1, -0.05) is 43.9 Å². The van der Waals surface area contributed by atoms with Crippen molar-refractivity contribution in [2.45, 2.75) is 57.1 Å². The van der Waals surface area contributed by atoms with Gasteiger partial charge in [-0.15, -0.1) is 0 Å². The molecule has 0 spiro atoms. The minimum Gasteiger partial charge on any atom is -0.377 e. The molecule has 0 radical (unpaired) electrons. The lowest BCUT2D eigenvalue weighted by atomic mass is 9.77. The summed E-state index contributed by atoms with van der Waals surface area (Å²) in [7, 11) is 1.81. The highest BCUT2D eigenvalue weighted by Crippen LogP contribution is 2.36. The molecule has 0 aliphatic heterocycles. The molecule has 1 aliphatic carbocycles. The van der Waals surface area contributed by atoms with E-state index in [4.69, 9.17) is 16.3 Å². The molecule has 1 aromatic rings. The molecule has 0 bridgehead atoms. The maximum Gasteiger partial charge on any atom is 0.124 e. The van der Waals surface area contributed by atoms with Crippen LogP contribution in [0.2, 0.25) is 5.02 Å². The van der Waals surface area contributed by atoms with Gasteiger partial charge in [0.05, 0.1) is 5.60 Å². The topological polar surface area (TPSA) is 21.3 Å². The van der Waals surface area contributed by atoms with E-state index < -0.39 is 0 Å². The highest BCUT2D eigenvalue weighted by atomic mass is 35.5. The fourth-order valence-corrected chi connectivity index (χ4v) is 3.69. The molecule has 2 nitrogen and oxygen atoms in total. The number of rotatable bonds is 6. The average molecular weight is 314 g/mol. The molecule has 2 rings (SSSR count). The zero-order valence-electron chi connectivity index (χ0n) is 12.9. The highest BCUT2D eigenvalue weighted by molar-refractivity contribution is 6.31. The van der Waals surface area contributed by atoms with Gasteiger partial charge in [0.15, 0.2) is 0 Å². The molecular weight excluding hydrogens is 289 g/mol. The molecule has 0 aromatic heterocycles.